The first-order chi connectivity index (χ1) is 14.6. The molecule has 30 heavy (non-hydrogen) atoms. The molecule has 0 bridgehead atoms. The molecule has 2 heterocycles. The zero-order chi connectivity index (χ0) is 21.1. The highest BCUT2D eigenvalue weighted by Crippen LogP contribution is 2.33. The summed E-state index contributed by atoms with van der Waals surface area (Å²) in [5, 5.41) is 4.30. The fourth-order valence-corrected chi connectivity index (χ4v) is 3.80. The summed E-state index contributed by atoms with van der Waals surface area (Å²) in [5.41, 5.74) is 2.51. The molecular weight excluding hydrogens is 400 g/mol. The number of rotatable bonds is 6. The van der Waals surface area contributed by atoms with E-state index in [0.717, 1.165) is 27.8 Å². The largest absolute Gasteiger partial charge is 0.494 e. The maximum absolute atomic E-state index is 6.21. The Hall–Kier alpha value is -3.32. The smallest absolute Gasteiger partial charge is 0.209 e. The first-order valence-corrected chi connectivity index (χ1v) is 10.4. The van der Waals surface area contributed by atoms with Crippen molar-refractivity contribution >= 4 is 27.4 Å². The van der Waals surface area contributed by atoms with Crippen molar-refractivity contribution in [1.82, 2.24) is 4.98 Å². The molecule has 7 heteroatoms. The first kappa shape index (κ1) is 20.0. The Bertz CT molecular complexity index is 1260. The van der Waals surface area contributed by atoms with Gasteiger partial charge in [0.1, 0.15) is 17.1 Å². The van der Waals surface area contributed by atoms with Crippen LogP contribution in [0.25, 0.3) is 22.3 Å². The van der Waals surface area contributed by atoms with Crippen molar-refractivity contribution in [3.05, 3.63) is 58.9 Å². The third-order valence-electron chi connectivity index (χ3n) is 4.52. The molecule has 0 aliphatic heterocycles. The van der Waals surface area contributed by atoms with E-state index in [1.165, 1.54) is 11.3 Å². The van der Waals surface area contributed by atoms with Gasteiger partial charge in [-0.25, -0.2) is 9.98 Å². The van der Waals surface area contributed by atoms with Crippen molar-refractivity contribution in [2.24, 2.45) is 4.99 Å². The Morgan fingerprint density at radius 2 is 1.87 bits per heavy atom. The predicted octanol–water partition coefficient (Wildman–Crippen LogP) is 5.51. The molecule has 0 saturated carbocycles. The molecule has 2 aromatic carbocycles. The highest BCUT2D eigenvalue weighted by molar-refractivity contribution is 7.13. The van der Waals surface area contributed by atoms with Gasteiger partial charge in [-0.15, -0.1) is 11.3 Å². The summed E-state index contributed by atoms with van der Waals surface area (Å²) in [6, 6.07) is 13.3. The third-order valence-corrected chi connectivity index (χ3v) is 5.37. The van der Waals surface area contributed by atoms with Gasteiger partial charge >= 0.3 is 0 Å². The molecule has 0 N–H and O–H groups in total. The van der Waals surface area contributed by atoms with Crippen LogP contribution in [0, 0.1) is 6.92 Å². The fraction of sp³-hybridized carbons (Fsp3) is 0.217. The van der Waals surface area contributed by atoms with E-state index in [4.69, 9.17) is 23.6 Å². The van der Waals surface area contributed by atoms with Gasteiger partial charge in [-0.05, 0) is 50.2 Å². The maximum Gasteiger partial charge on any atom is 0.209 e. The van der Waals surface area contributed by atoms with Gasteiger partial charge in [-0.2, -0.15) is 0 Å². The van der Waals surface area contributed by atoms with Gasteiger partial charge in [0, 0.05) is 22.4 Å². The molecular formula is C23H22N2O4S. The zero-order valence-electron chi connectivity index (χ0n) is 17.3. The van der Waals surface area contributed by atoms with E-state index in [1.807, 2.05) is 61.7 Å². The van der Waals surface area contributed by atoms with Gasteiger partial charge in [0.2, 0.25) is 5.13 Å². The van der Waals surface area contributed by atoms with Crippen LogP contribution in [0.15, 0.2) is 57.3 Å². The normalized spacial score (nSPS) is 11.7. The van der Waals surface area contributed by atoms with Crippen molar-refractivity contribution in [3.8, 4) is 28.6 Å². The highest BCUT2D eigenvalue weighted by atomic mass is 32.1. The van der Waals surface area contributed by atoms with Crippen LogP contribution in [0.3, 0.4) is 0 Å². The van der Waals surface area contributed by atoms with Crippen LogP contribution in [-0.2, 0) is 0 Å². The van der Waals surface area contributed by atoms with E-state index >= 15 is 0 Å². The van der Waals surface area contributed by atoms with Crippen LogP contribution in [0.5, 0.6) is 17.2 Å². The molecule has 0 fully saturated rings. The van der Waals surface area contributed by atoms with Crippen molar-refractivity contribution < 1.29 is 18.6 Å². The second kappa shape index (κ2) is 8.59. The number of benzene rings is 2. The number of nitrogens with zero attached hydrogens (tertiary/aromatic N) is 2. The van der Waals surface area contributed by atoms with Gasteiger partial charge in [0.15, 0.2) is 11.5 Å². The summed E-state index contributed by atoms with van der Waals surface area (Å²) < 4.78 is 22.7. The zero-order valence-corrected chi connectivity index (χ0v) is 18.1. The third kappa shape index (κ3) is 4.02. The molecule has 0 atom stereocenters. The summed E-state index contributed by atoms with van der Waals surface area (Å²) in [4.78, 5) is 9.27. The van der Waals surface area contributed by atoms with Gasteiger partial charge in [0.25, 0.3) is 0 Å². The molecule has 4 rings (SSSR count). The van der Waals surface area contributed by atoms with E-state index in [9.17, 15) is 0 Å². The average molecular weight is 423 g/mol. The van der Waals surface area contributed by atoms with Crippen molar-refractivity contribution in [2.75, 3.05) is 20.8 Å². The molecule has 0 unspecified atom stereocenters. The summed E-state index contributed by atoms with van der Waals surface area (Å²) >= 11 is 1.50. The SMILES string of the molecule is CCOc1ccc2oc(-c3ccc(OC)c(OC)c3)c/c(=N\c3nc(C)cs3)c2c1. The van der Waals surface area contributed by atoms with Gasteiger partial charge < -0.3 is 18.6 Å². The minimum absolute atomic E-state index is 0.588. The number of ether oxygens (including phenoxy) is 3. The van der Waals surface area contributed by atoms with Crippen LogP contribution >= 0.6 is 11.3 Å². The molecule has 6 nitrogen and oxygen atoms in total. The number of fused-ring (bicyclic) bond motifs is 1. The van der Waals surface area contributed by atoms with E-state index in [1.54, 1.807) is 14.2 Å². The lowest BCUT2D eigenvalue weighted by molar-refractivity contribution is 0.340. The summed E-state index contributed by atoms with van der Waals surface area (Å²) in [6.45, 7) is 4.50. The molecule has 0 amide bonds. The molecule has 0 aliphatic rings. The van der Waals surface area contributed by atoms with Crippen LogP contribution < -0.4 is 19.6 Å². The highest BCUT2D eigenvalue weighted by Gasteiger charge is 2.11. The fourth-order valence-electron chi connectivity index (χ4n) is 3.12. The first-order valence-electron chi connectivity index (χ1n) is 9.51. The summed E-state index contributed by atoms with van der Waals surface area (Å²) in [5.74, 6) is 2.73. The maximum atomic E-state index is 6.21. The Balaban J connectivity index is 1.94. The average Bonchev–Trinajstić information content (AvgIpc) is 3.18. The lowest BCUT2D eigenvalue weighted by Gasteiger charge is -2.10. The molecule has 0 radical (unpaired) electrons. The van der Waals surface area contributed by atoms with Crippen LogP contribution in [-0.4, -0.2) is 25.8 Å². The number of aryl methyl sites for hydroxylation is 1. The van der Waals surface area contributed by atoms with Crippen molar-refractivity contribution in [3.63, 3.8) is 0 Å². The van der Waals surface area contributed by atoms with Crippen molar-refractivity contribution in [1.29, 1.82) is 0 Å². The Morgan fingerprint density at radius 1 is 1.03 bits per heavy atom. The van der Waals surface area contributed by atoms with E-state index < -0.39 is 0 Å². The Morgan fingerprint density at radius 3 is 2.57 bits per heavy atom. The number of aromatic nitrogens is 1. The van der Waals surface area contributed by atoms with E-state index in [2.05, 4.69) is 4.98 Å². The molecule has 0 saturated heterocycles. The Kier molecular flexibility index (Phi) is 5.72. The monoisotopic (exact) mass is 422 g/mol. The van der Waals surface area contributed by atoms with Gasteiger partial charge in [-0.1, -0.05) is 0 Å². The van der Waals surface area contributed by atoms with E-state index in [-0.39, 0.29) is 0 Å². The molecule has 0 aliphatic carbocycles. The minimum atomic E-state index is 0.588. The summed E-state index contributed by atoms with van der Waals surface area (Å²) in [7, 11) is 3.22. The predicted molar refractivity (Wildman–Crippen MR) is 118 cm³/mol. The van der Waals surface area contributed by atoms with Crippen LogP contribution in [0.1, 0.15) is 12.6 Å². The number of methoxy groups -OCH3 is 2. The standard InChI is InChI=1S/C23H22N2O4S/c1-5-28-16-7-9-19-17(11-16)18(25-23-24-14(2)13-30-23)12-21(29-19)15-6-8-20(26-3)22(10-15)27-4/h6-13H,5H2,1-4H3/b25-18+. The number of thiazole rings is 1. The number of hydrogen-bond donors (Lipinski definition) is 0. The minimum Gasteiger partial charge on any atom is -0.494 e. The quantitative estimate of drug-likeness (QED) is 0.410. The van der Waals surface area contributed by atoms with Crippen LogP contribution in [0.4, 0.5) is 5.13 Å². The summed E-state index contributed by atoms with van der Waals surface area (Å²) in [6.07, 6.45) is 0. The lowest BCUT2D eigenvalue weighted by Crippen LogP contribution is -2.04. The number of hydrogen-bond acceptors (Lipinski definition) is 7. The van der Waals surface area contributed by atoms with E-state index in [0.29, 0.717) is 34.6 Å². The second-order valence-electron chi connectivity index (χ2n) is 6.54. The topological polar surface area (TPSA) is 66.1 Å². The van der Waals surface area contributed by atoms with Crippen molar-refractivity contribution in [2.45, 2.75) is 13.8 Å². The van der Waals surface area contributed by atoms with Gasteiger partial charge in [0.05, 0.1) is 31.9 Å². The lowest BCUT2D eigenvalue weighted by atomic mass is 10.1. The van der Waals surface area contributed by atoms with Gasteiger partial charge in [-0.3, -0.25) is 0 Å². The molecule has 4 aromatic rings. The molecule has 2 aromatic heterocycles. The Labute approximate surface area is 178 Å². The second-order valence-corrected chi connectivity index (χ2v) is 7.38. The molecule has 0 spiro atoms. The van der Waals surface area contributed by atoms with Crippen LogP contribution in [0.2, 0.25) is 0 Å². The molecule has 154 valence electrons.